The van der Waals surface area contributed by atoms with Gasteiger partial charge in [-0.15, -0.1) is 10.2 Å². The number of hydrogen-bond acceptors (Lipinski definition) is 7. The summed E-state index contributed by atoms with van der Waals surface area (Å²) in [5.74, 6) is 0.742. The molecule has 4 aromatic rings. The Morgan fingerprint density at radius 2 is 1.76 bits per heavy atom. The van der Waals surface area contributed by atoms with E-state index in [2.05, 4.69) is 15.2 Å². The average Bonchev–Trinajstić information content (AvgIpc) is 3.15. The van der Waals surface area contributed by atoms with Crippen LogP contribution in [0.25, 0.3) is 16.6 Å². The highest BCUT2D eigenvalue weighted by Gasteiger charge is 2.29. The summed E-state index contributed by atoms with van der Waals surface area (Å²) in [5, 5.41) is 11.0. The monoisotopic (exact) mass is 485 g/mol. The van der Waals surface area contributed by atoms with Crippen molar-refractivity contribution >= 4 is 38.3 Å². The Hall–Kier alpha value is -2.69. The van der Waals surface area contributed by atoms with Gasteiger partial charge in [-0.05, 0) is 82.3 Å². The Kier molecular flexibility index (Phi) is 6.35. The van der Waals surface area contributed by atoms with E-state index in [0.717, 1.165) is 27.9 Å². The quantitative estimate of drug-likeness (QED) is 0.379. The fourth-order valence-electron chi connectivity index (χ4n) is 4.04. The van der Waals surface area contributed by atoms with E-state index < -0.39 is 10.0 Å². The van der Waals surface area contributed by atoms with Crippen LogP contribution in [0, 0.1) is 6.92 Å². The van der Waals surface area contributed by atoms with Gasteiger partial charge in [0.2, 0.25) is 15.2 Å². The molecule has 0 N–H and O–H groups in total. The molecule has 3 heterocycles. The zero-order chi connectivity index (χ0) is 23.9. The summed E-state index contributed by atoms with van der Waals surface area (Å²) in [6, 6.07) is 10.9. The van der Waals surface area contributed by atoms with Crippen molar-refractivity contribution < 1.29 is 13.2 Å². The van der Waals surface area contributed by atoms with Gasteiger partial charge >= 0.3 is 0 Å². The minimum absolute atomic E-state index is 0.153. The molecule has 0 unspecified atom stereocenters. The number of sulfonamides is 1. The summed E-state index contributed by atoms with van der Waals surface area (Å²) in [6.07, 6.45) is 1.41. The molecule has 0 aliphatic heterocycles. The lowest BCUT2D eigenvalue weighted by Gasteiger charge is -2.29. The second-order valence-corrected chi connectivity index (χ2v) is 11.2. The van der Waals surface area contributed by atoms with Gasteiger partial charge in [0.25, 0.3) is 0 Å². The molecular weight excluding hydrogens is 458 g/mol. The third-order valence-electron chi connectivity index (χ3n) is 5.37. The minimum Gasteiger partial charge on any atom is -0.497 e. The molecule has 0 aliphatic rings. The SMILES string of the molecule is COc1ccc2c(C)cc3nnc(Sc4ccc(S(=O)(=O)N(C(C)C)C(C)C)cn4)n3c2c1. The summed E-state index contributed by atoms with van der Waals surface area (Å²) < 4.78 is 35.1. The van der Waals surface area contributed by atoms with E-state index in [9.17, 15) is 8.42 Å². The maximum Gasteiger partial charge on any atom is 0.245 e. The molecule has 3 aromatic heterocycles. The largest absolute Gasteiger partial charge is 0.497 e. The van der Waals surface area contributed by atoms with E-state index >= 15 is 0 Å². The lowest BCUT2D eigenvalue weighted by Crippen LogP contribution is -2.41. The molecule has 174 valence electrons. The number of aryl methyl sites for hydroxylation is 1. The molecule has 0 radical (unpaired) electrons. The smallest absolute Gasteiger partial charge is 0.245 e. The van der Waals surface area contributed by atoms with Crippen LogP contribution in [-0.4, -0.2) is 51.5 Å². The van der Waals surface area contributed by atoms with E-state index in [1.807, 2.05) is 63.3 Å². The lowest BCUT2D eigenvalue weighted by atomic mass is 10.1. The topological polar surface area (TPSA) is 89.7 Å². The van der Waals surface area contributed by atoms with Gasteiger partial charge in [0.05, 0.1) is 12.6 Å². The van der Waals surface area contributed by atoms with Crippen molar-refractivity contribution in [2.75, 3.05) is 7.11 Å². The summed E-state index contributed by atoms with van der Waals surface area (Å²) >= 11 is 1.33. The van der Waals surface area contributed by atoms with E-state index in [4.69, 9.17) is 4.74 Å². The fraction of sp³-hybridized carbons (Fsp3) is 0.348. The first-order valence-corrected chi connectivity index (χ1v) is 12.9. The molecule has 0 spiro atoms. The van der Waals surface area contributed by atoms with Crippen molar-refractivity contribution in [1.82, 2.24) is 23.9 Å². The van der Waals surface area contributed by atoms with Crippen molar-refractivity contribution in [3.8, 4) is 5.75 Å². The third kappa shape index (κ3) is 4.30. The maximum absolute atomic E-state index is 13.1. The van der Waals surface area contributed by atoms with Crippen LogP contribution in [-0.2, 0) is 10.0 Å². The van der Waals surface area contributed by atoms with E-state index in [0.29, 0.717) is 10.2 Å². The van der Waals surface area contributed by atoms with Crippen LogP contribution in [0.15, 0.2) is 57.7 Å². The molecule has 0 bridgehead atoms. The summed E-state index contributed by atoms with van der Waals surface area (Å²) in [6.45, 7) is 9.51. The number of pyridine rings is 2. The zero-order valence-corrected chi connectivity index (χ0v) is 21.1. The Morgan fingerprint density at radius 3 is 2.36 bits per heavy atom. The van der Waals surface area contributed by atoms with E-state index in [-0.39, 0.29) is 17.0 Å². The molecule has 0 saturated carbocycles. The highest BCUT2D eigenvalue weighted by atomic mass is 32.2. The number of aromatic nitrogens is 4. The zero-order valence-electron chi connectivity index (χ0n) is 19.5. The highest BCUT2D eigenvalue weighted by Crippen LogP contribution is 2.31. The van der Waals surface area contributed by atoms with Gasteiger partial charge in [0.1, 0.15) is 15.7 Å². The van der Waals surface area contributed by atoms with Gasteiger partial charge in [-0.3, -0.25) is 4.40 Å². The summed E-state index contributed by atoms with van der Waals surface area (Å²) in [5.41, 5.74) is 2.75. The van der Waals surface area contributed by atoms with Gasteiger partial charge in [-0.25, -0.2) is 13.4 Å². The van der Waals surface area contributed by atoms with Crippen LogP contribution in [0.1, 0.15) is 33.3 Å². The molecule has 1 aromatic carbocycles. The second-order valence-electron chi connectivity index (χ2n) is 8.34. The van der Waals surface area contributed by atoms with Crippen molar-refractivity contribution in [1.29, 1.82) is 0 Å². The van der Waals surface area contributed by atoms with Crippen LogP contribution in [0.5, 0.6) is 5.75 Å². The van der Waals surface area contributed by atoms with Gasteiger partial charge in [-0.1, -0.05) is 0 Å². The molecule has 4 rings (SSSR count). The molecule has 0 atom stereocenters. The predicted octanol–water partition coefficient (Wildman–Crippen LogP) is 4.55. The van der Waals surface area contributed by atoms with Gasteiger partial charge in [0.15, 0.2) is 5.65 Å². The normalized spacial score (nSPS) is 12.5. The van der Waals surface area contributed by atoms with Crippen LogP contribution in [0.2, 0.25) is 0 Å². The van der Waals surface area contributed by atoms with Crippen molar-refractivity contribution in [2.24, 2.45) is 0 Å². The lowest BCUT2D eigenvalue weighted by molar-refractivity contribution is 0.302. The minimum atomic E-state index is -3.64. The van der Waals surface area contributed by atoms with Crippen molar-refractivity contribution in [2.45, 2.75) is 61.8 Å². The van der Waals surface area contributed by atoms with Gasteiger partial charge in [-0.2, -0.15) is 4.31 Å². The van der Waals surface area contributed by atoms with Crippen LogP contribution in [0.4, 0.5) is 0 Å². The summed E-state index contributed by atoms with van der Waals surface area (Å²) in [7, 11) is -2.01. The number of ether oxygens (including phenoxy) is 1. The number of hydrogen-bond donors (Lipinski definition) is 0. The first kappa shape index (κ1) is 23.5. The third-order valence-corrected chi connectivity index (χ3v) is 8.51. The first-order valence-electron chi connectivity index (χ1n) is 10.6. The second kappa shape index (κ2) is 8.92. The number of nitrogens with zero attached hydrogens (tertiary/aromatic N) is 5. The standard InChI is InChI=1S/C23H27N5O3S2/c1-14(2)28(15(3)4)33(29,30)18-8-10-22(24-13-18)32-23-26-25-21-11-16(5)19-9-7-17(31-6)12-20(19)27(21)23/h7-15H,1-6H3. The van der Waals surface area contributed by atoms with Crippen molar-refractivity contribution in [3.05, 3.63) is 48.2 Å². The Bertz CT molecular complexity index is 1410. The molecule has 0 aliphatic carbocycles. The predicted molar refractivity (Wildman–Crippen MR) is 129 cm³/mol. The Morgan fingerprint density at radius 1 is 1.03 bits per heavy atom. The Balaban J connectivity index is 1.72. The number of benzene rings is 1. The summed E-state index contributed by atoms with van der Waals surface area (Å²) in [4.78, 5) is 4.58. The molecule has 10 heteroatoms. The Labute approximate surface area is 198 Å². The van der Waals surface area contributed by atoms with Gasteiger partial charge in [0, 0.05) is 29.7 Å². The first-order chi connectivity index (χ1) is 15.6. The van der Waals surface area contributed by atoms with Crippen LogP contribution in [0.3, 0.4) is 0 Å². The highest BCUT2D eigenvalue weighted by molar-refractivity contribution is 7.99. The van der Waals surface area contributed by atoms with Crippen LogP contribution < -0.4 is 4.74 Å². The number of fused-ring (bicyclic) bond motifs is 3. The van der Waals surface area contributed by atoms with Crippen LogP contribution >= 0.6 is 11.8 Å². The number of methoxy groups -OCH3 is 1. The molecule has 0 saturated heterocycles. The van der Waals surface area contributed by atoms with Gasteiger partial charge < -0.3 is 4.74 Å². The average molecular weight is 486 g/mol. The number of rotatable bonds is 7. The molecule has 0 amide bonds. The molecular formula is C23H27N5O3S2. The maximum atomic E-state index is 13.1. The molecule has 33 heavy (non-hydrogen) atoms. The van der Waals surface area contributed by atoms with E-state index in [1.165, 1.54) is 22.3 Å². The van der Waals surface area contributed by atoms with Crippen molar-refractivity contribution in [3.63, 3.8) is 0 Å². The fourth-order valence-corrected chi connectivity index (χ4v) is 6.61. The molecule has 8 nitrogen and oxygen atoms in total. The van der Waals surface area contributed by atoms with E-state index in [1.54, 1.807) is 19.2 Å². The molecule has 0 fully saturated rings.